The molecule has 0 radical (unpaired) electrons. The maximum Gasteiger partial charge on any atom is 0.354 e. The molecule has 0 bridgehead atoms. The lowest BCUT2D eigenvalue weighted by atomic mass is 9.99. The molecule has 9 nitrogen and oxygen atoms in total. The Labute approximate surface area is 175 Å². The van der Waals surface area contributed by atoms with Crippen molar-refractivity contribution in [2.45, 2.75) is 56.1 Å². The number of hydrogen-bond acceptors (Lipinski definition) is 5. The van der Waals surface area contributed by atoms with Crippen LogP contribution in [0.25, 0.3) is 0 Å². The summed E-state index contributed by atoms with van der Waals surface area (Å²) in [7, 11) is -1.67. The van der Waals surface area contributed by atoms with Crippen LogP contribution in [0.4, 0.5) is 10.5 Å². The molecule has 5 rings (SSSR count). The normalized spacial score (nSPS) is 20.8. The third-order valence-electron chi connectivity index (χ3n) is 6.08. The van der Waals surface area contributed by atoms with Crippen LogP contribution in [0.1, 0.15) is 35.1 Å². The summed E-state index contributed by atoms with van der Waals surface area (Å²) in [4.78, 5) is 12.9. The summed E-state index contributed by atoms with van der Waals surface area (Å²) in [6, 6.07) is 1.60. The molecule has 2 amide bonds. The van der Waals surface area contributed by atoms with Gasteiger partial charge in [-0.05, 0) is 67.8 Å². The van der Waals surface area contributed by atoms with Crippen LogP contribution in [0.3, 0.4) is 0 Å². The van der Waals surface area contributed by atoms with E-state index in [4.69, 9.17) is 9.88 Å². The van der Waals surface area contributed by atoms with Crippen molar-refractivity contribution < 1.29 is 13.7 Å². The van der Waals surface area contributed by atoms with Gasteiger partial charge in [0.2, 0.25) is 5.88 Å². The van der Waals surface area contributed by atoms with Crippen LogP contribution in [0.5, 0.6) is 5.88 Å². The van der Waals surface area contributed by atoms with Gasteiger partial charge in [0.15, 0.2) is 9.92 Å². The minimum absolute atomic E-state index is 0.129. The summed E-state index contributed by atoms with van der Waals surface area (Å²) in [6.07, 6.45) is 7.35. The lowest BCUT2D eigenvalue weighted by Gasteiger charge is -2.15. The number of carbonyl (C=O) groups is 1. The second kappa shape index (κ2) is 7.36. The first-order chi connectivity index (χ1) is 14.5. The molecule has 30 heavy (non-hydrogen) atoms. The summed E-state index contributed by atoms with van der Waals surface area (Å²) < 4.78 is 24.4. The third kappa shape index (κ3) is 3.28. The molecule has 2 aliphatic carbocycles. The zero-order valence-corrected chi connectivity index (χ0v) is 17.8. The lowest BCUT2D eigenvalue weighted by molar-refractivity contribution is 0.225. The number of nitrogens with zero attached hydrogens (tertiary/aromatic N) is 3. The summed E-state index contributed by atoms with van der Waals surface area (Å²) in [5, 5.41) is 16.2. The van der Waals surface area contributed by atoms with E-state index in [1.165, 1.54) is 28.5 Å². The highest BCUT2D eigenvalue weighted by Crippen LogP contribution is 2.38. The van der Waals surface area contributed by atoms with Gasteiger partial charge in [-0.15, -0.1) is 4.36 Å². The minimum Gasteiger partial charge on any atom is -0.470 e. The molecule has 3 aliphatic rings. The first kappa shape index (κ1) is 19.5. The molecule has 2 aromatic rings. The van der Waals surface area contributed by atoms with Gasteiger partial charge in [0.25, 0.3) is 0 Å². The second-order valence-electron chi connectivity index (χ2n) is 8.12. The fraction of sp³-hybridized carbons (Fsp3) is 0.500. The molecular weight excluding hydrogens is 404 g/mol. The van der Waals surface area contributed by atoms with E-state index in [1.54, 1.807) is 4.68 Å². The van der Waals surface area contributed by atoms with Crippen molar-refractivity contribution in [2.75, 3.05) is 18.9 Å². The predicted octanol–water partition coefficient (Wildman–Crippen LogP) is 1.77. The summed E-state index contributed by atoms with van der Waals surface area (Å²) in [5.41, 5.74) is 5.84. The molecule has 2 unspecified atom stereocenters. The van der Waals surface area contributed by atoms with Crippen molar-refractivity contribution in [3.05, 3.63) is 34.5 Å². The Balaban J connectivity index is 1.44. The number of ether oxygens (including phenoxy) is 1. The molecule has 1 aromatic heterocycles. The molecule has 4 N–H and O–H groups in total. The summed E-state index contributed by atoms with van der Waals surface area (Å²) in [6.45, 7) is 1.15. The molecule has 1 aromatic carbocycles. The number of nitrogens with two attached hydrogens (primary N) is 1. The van der Waals surface area contributed by atoms with Crippen LogP contribution in [0.15, 0.2) is 21.5 Å². The predicted molar refractivity (Wildman–Crippen MR) is 113 cm³/mol. The van der Waals surface area contributed by atoms with Gasteiger partial charge >= 0.3 is 6.03 Å². The van der Waals surface area contributed by atoms with Gasteiger partial charge in [0, 0.05) is 12.2 Å². The van der Waals surface area contributed by atoms with Crippen LogP contribution in [0.2, 0.25) is 0 Å². The number of nitrogens with one attached hydrogen (secondary N) is 2. The van der Waals surface area contributed by atoms with E-state index in [9.17, 15) is 9.00 Å². The van der Waals surface area contributed by atoms with Crippen molar-refractivity contribution in [1.29, 1.82) is 0 Å². The van der Waals surface area contributed by atoms with Crippen LogP contribution < -0.4 is 20.5 Å². The van der Waals surface area contributed by atoms with Crippen molar-refractivity contribution in [3.8, 4) is 5.88 Å². The molecule has 2 heterocycles. The number of fused-ring (bicyclic) bond motifs is 3. The number of carbonyl (C=O) groups excluding carboxylic acids is 1. The second-order valence-corrected chi connectivity index (χ2v) is 9.88. The molecular formula is C20H26N6O3S. The van der Waals surface area contributed by atoms with Crippen molar-refractivity contribution in [3.63, 3.8) is 0 Å². The molecule has 10 heteroatoms. The number of urea groups is 1. The Kier molecular flexibility index (Phi) is 4.79. The van der Waals surface area contributed by atoms with E-state index < -0.39 is 15.9 Å². The smallest absolute Gasteiger partial charge is 0.354 e. The van der Waals surface area contributed by atoms with E-state index in [-0.39, 0.29) is 11.0 Å². The minimum atomic E-state index is -3.49. The summed E-state index contributed by atoms with van der Waals surface area (Å²) in [5.74, 6) is 0.320. The Bertz CT molecular complexity index is 1120. The Hall–Kier alpha value is -2.43. The Morgan fingerprint density at radius 3 is 2.67 bits per heavy atom. The number of likely N-dealkylation sites (N-methyl/N-ethyl adjacent to an activating group) is 1. The molecule has 1 aliphatic heterocycles. The first-order valence-electron chi connectivity index (χ1n) is 10.4. The van der Waals surface area contributed by atoms with Crippen LogP contribution in [-0.2, 0) is 42.1 Å². The zero-order valence-electron chi connectivity index (χ0n) is 16.9. The van der Waals surface area contributed by atoms with E-state index in [0.29, 0.717) is 19.0 Å². The largest absolute Gasteiger partial charge is 0.470 e. The van der Waals surface area contributed by atoms with E-state index in [2.05, 4.69) is 26.2 Å². The fourth-order valence-electron chi connectivity index (χ4n) is 4.80. The van der Waals surface area contributed by atoms with Gasteiger partial charge in [-0.2, -0.15) is 5.10 Å². The molecule has 0 spiro atoms. The highest BCUT2D eigenvalue weighted by molar-refractivity contribution is 7.91. The van der Waals surface area contributed by atoms with Crippen molar-refractivity contribution >= 4 is 21.6 Å². The topological polar surface area (TPSA) is 124 Å². The Morgan fingerprint density at radius 1 is 1.30 bits per heavy atom. The number of aryl methyl sites for hydroxylation is 2. The van der Waals surface area contributed by atoms with Crippen molar-refractivity contribution in [2.24, 2.45) is 9.50 Å². The number of aromatic nitrogens is 2. The summed E-state index contributed by atoms with van der Waals surface area (Å²) >= 11 is 0. The van der Waals surface area contributed by atoms with Gasteiger partial charge < -0.3 is 15.4 Å². The number of benzene rings is 1. The van der Waals surface area contributed by atoms with Gasteiger partial charge in [-0.3, -0.25) is 0 Å². The van der Waals surface area contributed by atoms with Crippen LogP contribution in [0, 0.1) is 0 Å². The zero-order chi connectivity index (χ0) is 20.9. The molecule has 2 atom stereocenters. The average Bonchev–Trinajstić information content (AvgIpc) is 3.44. The number of anilines is 1. The van der Waals surface area contributed by atoms with Gasteiger partial charge in [0.1, 0.15) is 11.0 Å². The quantitative estimate of drug-likeness (QED) is 0.682. The monoisotopic (exact) mass is 430 g/mol. The van der Waals surface area contributed by atoms with E-state index >= 15 is 0 Å². The number of rotatable bonds is 4. The molecule has 0 saturated carbocycles. The highest BCUT2D eigenvalue weighted by Gasteiger charge is 2.31. The lowest BCUT2D eigenvalue weighted by Crippen LogP contribution is -2.28. The van der Waals surface area contributed by atoms with Crippen LogP contribution >= 0.6 is 0 Å². The van der Waals surface area contributed by atoms with Gasteiger partial charge in [-0.25, -0.2) is 18.8 Å². The average molecular weight is 431 g/mol. The maximum absolute atomic E-state index is 13.1. The maximum atomic E-state index is 13.1. The van der Waals surface area contributed by atoms with Gasteiger partial charge in [0.05, 0.1) is 12.7 Å². The van der Waals surface area contributed by atoms with Gasteiger partial charge in [-0.1, -0.05) is 6.07 Å². The number of hydrogen-bond donors (Lipinski definition) is 3. The number of amides is 2. The van der Waals surface area contributed by atoms with E-state index in [0.717, 1.165) is 44.2 Å². The van der Waals surface area contributed by atoms with E-state index in [1.807, 2.05) is 7.05 Å². The third-order valence-corrected chi connectivity index (χ3v) is 7.43. The Morgan fingerprint density at radius 2 is 2.00 bits per heavy atom. The molecule has 0 fully saturated rings. The van der Waals surface area contributed by atoms with Crippen molar-refractivity contribution in [1.82, 2.24) is 15.1 Å². The van der Waals surface area contributed by atoms with Crippen LogP contribution in [-0.4, -0.2) is 39.7 Å². The standard InChI is InChI=1S/C20H26N6O3S/c1-22-9-14-11-26-19(29-14)17(10-23-26)30(21,28)25-20(27)24-18-15-6-2-4-12(15)8-13-5-3-7-16(13)18/h8,10,14,22H,2-7,9,11H2,1H3,(H3,21,24,25,27,28). The first-order valence-corrected chi connectivity index (χ1v) is 11.9. The SMILES string of the molecule is CNCC1Cn2ncc(S(N)(=O)=NC(=O)Nc3c4c(cc5c3CCC5)CCC4)c2O1. The fourth-order valence-corrected chi connectivity index (χ4v) is 5.79. The molecule has 0 saturated heterocycles. The highest BCUT2D eigenvalue weighted by atomic mass is 32.2. The molecule has 160 valence electrons.